The SMILES string of the molecule is CCCCCCc1cccc(N(C)c2nc(OCC(C)C)ncc2C(F)(F)F)c1. The number of anilines is 2. The number of rotatable bonds is 10. The number of hydrogen-bond donors (Lipinski definition) is 0. The zero-order chi connectivity index (χ0) is 21.4. The molecule has 0 atom stereocenters. The standard InChI is InChI=1S/C22H30F3N3O/c1-5-6-7-8-10-17-11-9-12-18(13-17)28(4)20-19(22(23,24)25)14-26-21(27-20)29-15-16(2)3/h9,11-14,16H,5-8,10,15H2,1-4H3. The third-order valence-corrected chi connectivity index (χ3v) is 4.53. The minimum atomic E-state index is -4.56. The molecule has 0 saturated carbocycles. The van der Waals surface area contributed by atoms with Crippen LogP contribution in [0.2, 0.25) is 0 Å². The van der Waals surface area contributed by atoms with Gasteiger partial charge in [-0.1, -0.05) is 52.2 Å². The van der Waals surface area contributed by atoms with Gasteiger partial charge in [-0.3, -0.25) is 0 Å². The third-order valence-electron chi connectivity index (χ3n) is 4.53. The first-order valence-corrected chi connectivity index (χ1v) is 10.1. The van der Waals surface area contributed by atoms with Crippen LogP contribution in [0.25, 0.3) is 0 Å². The number of aromatic nitrogens is 2. The summed E-state index contributed by atoms with van der Waals surface area (Å²) in [4.78, 5) is 9.27. The fraction of sp³-hybridized carbons (Fsp3) is 0.545. The fourth-order valence-corrected chi connectivity index (χ4v) is 2.92. The summed E-state index contributed by atoms with van der Waals surface area (Å²) < 4.78 is 46.1. The molecule has 1 heterocycles. The molecule has 2 aromatic rings. The van der Waals surface area contributed by atoms with Gasteiger partial charge in [0.15, 0.2) is 5.82 Å². The predicted octanol–water partition coefficient (Wildman–Crippen LogP) is 6.42. The monoisotopic (exact) mass is 409 g/mol. The summed E-state index contributed by atoms with van der Waals surface area (Å²) in [5.74, 6) is 0.000788. The Morgan fingerprint density at radius 1 is 1.14 bits per heavy atom. The lowest BCUT2D eigenvalue weighted by Crippen LogP contribution is -2.20. The van der Waals surface area contributed by atoms with E-state index < -0.39 is 11.7 Å². The van der Waals surface area contributed by atoms with E-state index in [9.17, 15) is 13.2 Å². The van der Waals surface area contributed by atoms with Gasteiger partial charge in [-0.2, -0.15) is 18.2 Å². The molecule has 0 spiro atoms. The summed E-state index contributed by atoms with van der Waals surface area (Å²) in [6, 6.07) is 7.52. The normalized spacial score (nSPS) is 11.7. The van der Waals surface area contributed by atoms with Gasteiger partial charge >= 0.3 is 12.2 Å². The van der Waals surface area contributed by atoms with Gasteiger partial charge in [0.1, 0.15) is 5.56 Å². The molecule has 0 aliphatic rings. The maximum Gasteiger partial charge on any atom is 0.421 e. The molecule has 4 nitrogen and oxygen atoms in total. The van der Waals surface area contributed by atoms with Crippen LogP contribution in [0.3, 0.4) is 0 Å². The van der Waals surface area contributed by atoms with Crippen LogP contribution in [-0.4, -0.2) is 23.6 Å². The number of benzene rings is 1. The zero-order valence-corrected chi connectivity index (χ0v) is 17.6. The van der Waals surface area contributed by atoms with Crippen LogP contribution in [0.4, 0.5) is 24.7 Å². The van der Waals surface area contributed by atoms with E-state index >= 15 is 0 Å². The van der Waals surface area contributed by atoms with Crippen molar-refractivity contribution in [3.63, 3.8) is 0 Å². The molecule has 0 amide bonds. The summed E-state index contributed by atoms with van der Waals surface area (Å²) >= 11 is 0. The van der Waals surface area contributed by atoms with Crippen molar-refractivity contribution in [2.75, 3.05) is 18.6 Å². The van der Waals surface area contributed by atoms with Gasteiger partial charge in [0.25, 0.3) is 0 Å². The number of ether oxygens (including phenoxy) is 1. The molecule has 160 valence electrons. The number of unbranched alkanes of at least 4 members (excludes halogenated alkanes) is 3. The van der Waals surface area contributed by atoms with Crippen LogP contribution in [0.15, 0.2) is 30.5 Å². The minimum absolute atomic E-state index is 0.0516. The van der Waals surface area contributed by atoms with Crippen LogP contribution in [-0.2, 0) is 12.6 Å². The molecule has 0 bridgehead atoms. The first-order chi connectivity index (χ1) is 13.7. The molecule has 0 radical (unpaired) electrons. The Morgan fingerprint density at radius 2 is 1.90 bits per heavy atom. The third kappa shape index (κ3) is 6.91. The van der Waals surface area contributed by atoms with Crippen molar-refractivity contribution in [2.24, 2.45) is 5.92 Å². The fourth-order valence-electron chi connectivity index (χ4n) is 2.92. The maximum atomic E-state index is 13.5. The number of aryl methyl sites for hydroxylation is 1. The second-order valence-corrected chi connectivity index (χ2v) is 7.63. The van der Waals surface area contributed by atoms with Crippen molar-refractivity contribution in [3.05, 3.63) is 41.6 Å². The van der Waals surface area contributed by atoms with Crippen molar-refractivity contribution in [1.29, 1.82) is 0 Å². The molecule has 1 aromatic carbocycles. The zero-order valence-electron chi connectivity index (χ0n) is 17.6. The van der Waals surface area contributed by atoms with Gasteiger partial charge in [-0.05, 0) is 36.5 Å². The van der Waals surface area contributed by atoms with Crippen LogP contribution in [0.1, 0.15) is 57.6 Å². The van der Waals surface area contributed by atoms with Gasteiger partial charge < -0.3 is 9.64 Å². The molecule has 0 saturated heterocycles. The van der Waals surface area contributed by atoms with E-state index in [1.807, 2.05) is 32.0 Å². The Labute approximate surface area is 171 Å². The topological polar surface area (TPSA) is 38.2 Å². The maximum absolute atomic E-state index is 13.5. The molecule has 2 rings (SSSR count). The number of alkyl halides is 3. The summed E-state index contributed by atoms with van der Waals surface area (Å²) in [5, 5.41) is 0. The average Bonchev–Trinajstić information content (AvgIpc) is 2.68. The van der Waals surface area contributed by atoms with E-state index in [2.05, 4.69) is 16.9 Å². The average molecular weight is 409 g/mol. The highest BCUT2D eigenvalue weighted by Crippen LogP contribution is 2.37. The summed E-state index contributed by atoms with van der Waals surface area (Å²) in [7, 11) is 1.58. The largest absolute Gasteiger partial charge is 0.463 e. The molecule has 1 aromatic heterocycles. The smallest absolute Gasteiger partial charge is 0.421 e. The van der Waals surface area contributed by atoms with Crippen LogP contribution < -0.4 is 9.64 Å². The minimum Gasteiger partial charge on any atom is -0.463 e. The molecule has 7 heteroatoms. The van der Waals surface area contributed by atoms with Gasteiger partial charge in [0.2, 0.25) is 0 Å². The van der Waals surface area contributed by atoms with Crippen LogP contribution in [0, 0.1) is 5.92 Å². The molecule has 0 N–H and O–H groups in total. The lowest BCUT2D eigenvalue weighted by atomic mass is 10.1. The van der Waals surface area contributed by atoms with E-state index in [0.717, 1.165) is 37.4 Å². The van der Waals surface area contributed by atoms with Gasteiger partial charge in [-0.15, -0.1) is 0 Å². The van der Waals surface area contributed by atoms with Gasteiger partial charge in [-0.25, -0.2) is 4.98 Å². The van der Waals surface area contributed by atoms with E-state index in [0.29, 0.717) is 12.3 Å². The molecule has 0 unspecified atom stereocenters. The molecule has 0 aliphatic carbocycles. The Hall–Kier alpha value is -2.31. The van der Waals surface area contributed by atoms with Crippen molar-refractivity contribution >= 4 is 11.5 Å². The summed E-state index contributed by atoms with van der Waals surface area (Å²) in [6.07, 6.45) is 1.71. The van der Waals surface area contributed by atoms with Crippen LogP contribution in [0.5, 0.6) is 6.01 Å². The molecule has 0 fully saturated rings. The Bertz CT molecular complexity index is 778. The molecule has 0 aliphatic heterocycles. The molecular weight excluding hydrogens is 379 g/mol. The highest BCUT2D eigenvalue weighted by Gasteiger charge is 2.36. The lowest BCUT2D eigenvalue weighted by molar-refractivity contribution is -0.137. The highest BCUT2D eigenvalue weighted by atomic mass is 19.4. The van der Waals surface area contributed by atoms with E-state index in [-0.39, 0.29) is 17.7 Å². The van der Waals surface area contributed by atoms with E-state index in [4.69, 9.17) is 4.74 Å². The van der Waals surface area contributed by atoms with Gasteiger partial charge in [0.05, 0.1) is 6.61 Å². The number of halogens is 3. The molecule has 29 heavy (non-hydrogen) atoms. The summed E-state index contributed by atoms with van der Waals surface area (Å²) in [5.41, 5.74) is 0.867. The first-order valence-electron chi connectivity index (χ1n) is 10.1. The number of hydrogen-bond acceptors (Lipinski definition) is 4. The molecular formula is C22H30F3N3O. The van der Waals surface area contributed by atoms with Crippen molar-refractivity contribution in [1.82, 2.24) is 9.97 Å². The Kier molecular flexibility index (Phi) is 8.29. The van der Waals surface area contributed by atoms with Crippen molar-refractivity contribution < 1.29 is 17.9 Å². The number of nitrogens with zero attached hydrogens (tertiary/aromatic N) is 3. The van der Waals surface area contributed by atoms with Crippen LogP contribution >= 0.6 is 0 Å². The second-order valence-electron chi connectivity index (χ2n) is 7.63. The van der Waals surface area contributed by atoms with Crippen molar-refractivity contribution in [2.45, 2.75) is 59.1 Å². The second kappa shape index (κ2) is 10.5. The van der Waals surface area contributed by atoms with E-state index in [1.165, 1.54) is 11.3 Å². The van der Waals surface area contributed by atoms with Gasteiger partial charge in [0, 0.05) is 18.9 Å². The Morgan fingerprint density at radius 3 is 2.55 bits per heavy atom. The first kappa shape index (κ1) is 23.0. The highest BCUT2D eigenvalue weighted by molar-refractivity contribution is 5.63. The predicted molar refractivity (Wildman–Crippen MR) is 110 cm³/mol. The lowest BCUT2D eigenvalue weighted by Gasteiger charge is -2.23. The van der Waals surface area contributed by atoms with E-state index in [1.54, 1.807) is 13.1 Å². The quantitative estimate of drug-likeness (QED) is 0.424. The Balaban J connectivity index is 2.29. The summed E-state index contributed by atoms with van der Waals surface area (Å²) in [6.45, 7) is 6.39. The van der Waals surface area contributed by atoms with Crippen molar-refractivity contribution in [3.8, 4) is 6.01 Å².